The molecule has 30 heavy (non-hydrogen) atoms. The third kappa shape index (κ3) is 5.16. The summed E-state index contributed by atoms with van der Waals surface area (Å²) in [7, 11) is 0. The normalized spacial score (nSPS) is 14.2. The number of carbonyl (C=O) groups is 3. The molecule has 8 heteroatoms. The first-order valence-electron chi connectivity index (χ1n) is 9.45. The van der Waals surface area contributed by atoms with Crippen molar-refractivity contribution < 1.29 is 19.1 Å². The standard InChI is InChI=1S/C22H20ClN3O4/c1-14(21(28)25-18-9-8-17(12-24)19(23)11-18)30-22(29)16-6-4-15(5-7-16)13-26-10-2-3-20(26)27/h4-9,11,14H,2-3,10,13H2,1H3,(H,25,28). The van der Waals surface area contributed by atoms with E-state index in [9.17, 15) is 14.4 Å². The molecule has 1 unspecified atom stereocenters. The van der Waals surface area contributed by atoms with Gasteiger partial charge in [-0.1, -0.05) is 23.7 Å². The molecule has 1 N–H and O–H groups in total. The zero-order valence-electron chi connectivity index (χ0n) is 16.4. The predicted octanol–water partition coefficient (Wildman–Crippen LogP) is 3.52. The fourth-order valence-corrected chi connectivity index (χ4v) is 3.27. The Kier molecular flexibility index (Phi) is 6.70. The molecule has 2 aromatic rings. The van der Waals surface area contributed by atoms with Crippen LogP contribution in [0.4, 0.5) is 5.69 Å². The van der Waals surface area contributed by atoms with Crippen LogP contribution in [0.15, 0.2) is 42.5 Å². The van der Waals surface area contributed by atoms with Crippen molar-refractivity contribution in [1.82, 2.24) is 4.90 Å². The highest BCUT2D eigenvalue weighted by atomic mass is 35.5. The van der Waals surface area contributed by atoms with E-state index in [1.807, 2.05) is 6.07 Å². The summed E-state index contributed by atoms with van der Waals surface area (Å²) in [5, 5.41) is 11.7. The van der Waals surface area contributed by atoms with E-state index in [1.54, 1.807) is 35.2 Å². The molecule has 1 aliphatic heterocycles. The SMILES string of the molecule is CC(OC(=O)c1ccc(CN2CCCC2=O)cc1)C(=O)Nc1ccc(C#N)c(Cl)c1. The number of nitrogens with one attached hydrogen (secondary N) is 1. The molecule has 1 saturated heterocycles. The summed E-state index contributed by atoms with van der Waals surface area (Å²) in [5.41, 5.74) is 1.93. The zero-order chi connectivity index (χ0) is 21.7. The molecule has 0 radical (unpaired) electrons. The van der Waals surface area contributed by atoms with Crippen molar-refractivity contribution in [2.45, 2.75) is 32.4 Å². The van der Waals surface area contributed by atoms with E-state index in [0.717, 1.165) is 18.5 Å². The number of amides is 2. The summed E-state index contributed by atoms with van der Waals surface area (Å²) in [6.07, 6.45) is 0.422. The van der Waals surface area contributed by atoms with Crippen LogP contribution in [0.25, 0.3) is 0 Å². The molecule has 2 amide bonds. The molecule has 154 valence electrons. The summed E-state index contributed by atoms with van der Waals surface area (Å²) < 4.78 is 5.24. The van der Waals surface area contributed by atoms with Crippen LogP contribution >= 0.6 is 11.6 Å². The largest absolute Gasteiger partial charge is 0.449 e. The van der Waals surface area contributed by atoms with Crippen LogP contribution in [-0.4, -0.2) is 35.3 Å². The van der Waals surface area contributed by atoms with Crippen LogP contribution in [0.5, 0.6) is 0 Å². The number of nitrogens with zero attached hydrogens (tertiary/aromatic N) is 2. The monoisotopic (exact) mass is 425 g/mol. The Balaban J connectivity index is 1.55. The van der Waals surface area contributed by atoms with Crippen LogP contribution in [-0.2, 0) is 20.9 Å². The number of ether oxygens (including phenoxy) is 1. The minimum atomic E-state index is -1.03. The first-order valence-corrected chi connectivity index (χ1v) is 9.83. The van der Waals surface area contributed by atoms with Gasteiger partial charge in [0.15, 0.2) is 6.10 Å². The third-order valence-electron chi connectivity index (χ3n) is 4.74. The van der Waals surface area contributed by atoms with Gasteiger partial charge >= 0.3 is 5.97 Å². The summed E-state index contributed by atoms with van der Waals surface area (Å²) in [6.45, 7) is 2.73. The average molecular weight is 426 g/mol. The van der Waals surface area contributed by atoms with Crippen molar-refractivity contribution in [1.29, 1.82) is 5.26 Å². The fourth-order valence-electron chi connectivity index (χ4n) is 3.05. The van der Waals surface area contributed by atoms with Gasteiger partial charge in [0.05, 0.1) is 16.1 Å². The lowest BCUT2D eigenvalue weighted by Crippen LogP contribution is -2.30. The highest BCUT2D eigenvalue weighted by molar-refractivity contribution is 6.32. The van der Waals surface area contributed by atoms with Crippen LogP contribution in [0, 0.1) is 11.3 Å². The molecule has 0 bridgehead atoms. The smallest absolute Gasteiger partial charge is 0.338 e. The van der Waals surface area contributed by atoms with Crippen molar-refractivity contribution in [3.8, 4) is 6.07 Å². The average Bonchev–Trinajstić information content (AvgIpc) is 3.13. The van der Waals surface area contributed by atoms with Gasteiger partial charge in [0, 0.05) is 25.2 Å². The molecular formula is C22H20ClN3O4. The highest BCUT2D eigenvalue weighted by Gasteiger charge is 2.21. The van der Waals surface area contributed by atoms with Crippen molar-refractivity contribution in [3.05, 3.63) is 64.2 Å². The first-order chi connectivity index (χ1) is 14.4. The third-order valence-corrected chi connectivity index (χ3v) is 5.06. The zero-order valence-corrected chi connectivity index (χ0v) is 17.1. The number of anilines is 1. The van der Waals surface area contributed by atoms with Crippen LogP contribution in [0.1, 0.15) is 41.3 Å². The summed E-state index contributed by atoms with van der Waals surface area (Å²) in [4.78, 5) is 38.1. The lowest BCUT2D eigenvalue weighted by atomic mass is 10.1. The van der Waals surface area contributed by atoms with Gasteiger partial charge in [-0.25, -0.2) is 4.79 Å². The first kappa shape index (κ1) is 21.3. The Hall–Kier alpha value is -3.37. The van der Waals surface area contributed by atoms with E-state index < -0.39 is 18.0 Å². The number of carbonyl (C=O) groups excluding carboxylic acids is 3. The fraction of sp³-hybridized carbons (Fsp3) is 0.273. The van der Waals surface area contributed by atoms with E-state index in [1.165, 1.54) is 19.1 Å². The Morgan fingerprint density at radius 2 is 2.00 bits per heavy atom. The van der Waals surface area contributed by atoms with Crippen molar-refractivity contribution >= 4 is 35.1 Å². The number of halogens is 1. The van der Waals surface area contributed by atoms with E-state index in [0.29, 0.717) is 29.8 Å². The molecule has 0 saturated carbocycles. The molecule has 3 rings (SSSR count). The Morgan fingerprint density at radius 1 is 1.27 bits per heavy atom. The Labute approximate surface area is 179 Å². The molecule has 1 heterocycles. The summed E-state index contributed by atoms with van der Waals surface area (Å²) in [5.74, 6) is -1.01. The minimum Gasteiger partial charge on any atom is -0.449 e. The van der Waals surface area contributed by atoms with Gasteiger partial charge in [0.2, 0.25) is 5.91 Å². The number of nitriles is 1. The highest BCUT2D eigenvalue weighted by Crippen LogP contribution is 2.20. The molecule has 1 aliphatic rings. The molecule has 0 aliphatic carbocycles. The Morgan fingerprint density at radius 3 is 2.60 bits per heavy atom. The van der Waals surface area contributed by atoms with E-state index in [-0.39, 0.29) is 10.9 Å². The molecule has 1 atom stereocenters. The van der Waals surface area contributed by atoms with Crippen LogP contribution < -0.4 is 5.32 Å². The molecule has 0 aromatic heterocycles. The van der Waals surface area contributed by atoms with Crippen molar-refractivity contribution in [2.24, 2.45) is 0 Å². The summed E-state index contributed by atoms with van der Waals surface area (Å²) in [6, 6.07) is 13.2. The van der Waals surface area contributed by atoms with Crippen LogP contribution in [0.2, 0.25) is 5.02 Å². The number of esters is 1. The lowest BCUT2D eigenvalue weighted by molar-refractivity contribution is -0.128. The maximum Gasteiger partial charge on any atom is 0.338 e. The number of rotatable bonds is 6. The molecule has 0 spiro atoms. The molecule has 2 aromatic carbocycles. The second kappa shape index (κ2) is 9.42. The van der Waals surface area contributed by atoms with E-state index >= 15 is 0 Å². The second-order valence-electron chi connectivity index (χ2n) is 6.96. The van der Waals surface area contributed by atoms with Gasteiger partial charge in [0.25, 0.3) is 5.91 Å². The van der Waals surface area contributed by atoms with E-state index in [2.05, 4.69) is 5.32 Å². The quantitative estimate of drug-likeness (QED) is 0.714. The van der Waals surface area contributed by atoms with Crippen molar-refractivity contribution in [2.75, 3.05) is 11.9 Å². The minimum absolute atomic E-state index is 0.141. The number of hydrogen-bond acceptors (Lipinski definition) is 5. The van der Waals surface area contributed by atoms with Gasteiger partial charge in [-0.05, 0) is 49.2 Å². The molecular weight excluding hydrogens is 406 g/mol. The van der Waals surface area contributed by atoms with Crippen LogP contribution in [0.3, 0.4) is 0 Å². The second-order valence-corrected chi connectivity index (χ2v) is 7.37. The van der Waals surface area contributed by atoms with Gasteiger partial charge in [-0.3, -0.25) is 9.59 Å². The van der Waals surface area contributed by atoms with E-state index in [4.69, 9.17) is 21.6 Å². The topological polar surface area (TPSA) is 99.5 Å². The maximum atomic E-state index is 12.3. The Bertz CT molecular complexity index is 1010. The number of hydrogen-bond donors (Lipinski definition) is 1. The summed E-state index contributed by atoms with van der Waals surface area (Å²) >= 11 is 5.95. The van der Waals surface area contributed by atoms with Gasteiger partial charge in [0.1, 0.15) is 6.07 Å². The van der Waals surface area contributed by atoms with Gasteiger partial charge in [-0.2, -0.15) is 5.26 Å². The van der Waals surface area contributed by atoms with Crippen molar-refractivity contribution in [3.63, 3.8) is 0 Å². The molecule has 7 nitrogen and oxygen atoms in total. The van der Waals surface area contributed by atoms with Gasteiger partial charge < -0.3 is 15.0 Å². The predicted molar refractivity (Wildman–Crippen MR) is 111 cm³/mol. The number of benzene rings is 2. The number of likely N-dealkylation sites (tertiary alicyclic amines) is 1. The van der Waals surface area contributed by atoms with Gasteiger partial charge in [-0.15, -0.1) is 0 Å². The maximum absolute atomic E-state index is 12.3. The molecule has 1 fully saturated rings. The lowest BCUT2D eigenvalue weighted by Gasteiger charge is -2.16.